The van der Waals surface area contributed by atoms with E-state index in [1.165, 1.54) is 5.56 Å². The van der Waals surface area contributed by atoms with Gasteiger partial charge in [0.25, 0.3) is 0 Å². The summed E-state index contributed by atoms with van der Waals surface area (Å²) in [5, 5.41) is 6.80. The summed E-state index contributed by atoms with van der Waals surface area (Å²) < 4.78 is 1.16. The van der Waals surface area contributed by atoms with E-state index in [1.807, 2.05) is 6.20 Å². The highest BCUT2D eigenvalue weighted by atomic mass is 127. The van der Waals surface area contributed by atoms with Crippen LogP contribution in [-0.2, 0) is 0 Å². The van der Waals surface area contributed by atoms with Crippen molar-refractivity contribution >= 4 is 22.6 Å². The van der Waals surface area contributed by atoms with E-state index in [-0.39, 0.29) is 0 Å². The molecule has 2 nitrogen and oxygen atoms in total. The molecule has 0 radical (unpaired) electrons. The third-order valence-corrected chi connectivity index (χ3v) is 2.11. The van der Waals surface area contributed by atoms with Crippen molar-refractivity contribution in [3.05, 3.63) is 15.5 Å². The molecular formula is C6H9IN2. The van der Waals surface area contributed by atoms with Crippen LogP contribution in [0.4, 0.5) is 0 Å². The van der Waals surface area contributed by atoms with Gasteiger partial charge in [0.1, 0.15) is 0 Å². The minimum Gasteiger partial charge on any atom is -0.272 e. The molecule has 0 amide bonds. The molecule has 0 spiro atoms. The van der Waals surface area contributed by atoms with Crippen LogP contribution < -0.4 is 0 Å². The molecule has 3 heteroatoms. The summed E-state index contributed by atoms with van der Waals surface area (Å²) in [6.07, 6.45) is 1.88. The van der Waals surface area contributed by atoms with Crippen molar-refractivity contribution in [1.82, 2.24) is 10.2 Å². The van der Waals surface area contributed by atoms with Crippen molar-refractivity contribution in [2.45, 2.75) is 19.8 Å². The van der Waals surface area contributed by atoms with E-state index in [0.29, 0.717) is 5.92 Å². The minimum atomic E-state index is 0.579. The maximum atomic E-state index is 3.91. The fourth-order valence-electron chi connectivity index (χ4n) is 0.682. The summed E-state index contributed by atoms with van der Waals surface area (Å²) in [5.74, 6) is 0.579. The van der Waals surface area contributed by atoms with Gasteiger partial charge in [0.2, 0.25) is 0 Å². The Morgan fingerprint density at radius 2 is 2.33 bits per heavy atom. The lowest BCUT2D eigenvalue weighted by atomic mass is 10.1. The molecule has 0 unspecified atom stereocenters. The van der Waals surface area contributed by atoms with Crippen molar-refractivity contribution in [2.75, 3.05) is 0 Å². The number of aromatic amines is 1. The summed E-state index contributed by atoms with van der Waals surface area (Å²) in [4.78, 5) is 0. The van der Waals surface area contributed by atoms with Crippen molar-refractivity contribution in [1.29, 1.82) is 0 Å². The standard InChI is InChI=1S/C6H9IN2/c1-4(2)5-3-8-9-6(5)7/h3-4H,1-2H3,(H,8,9). The molecular weight excluding hydrogens is 227 g/mol. The molecule has 0 aromatic carbocycles. The highest BCUT2D eigenvalue weighted by Gasteiger charge is 2.04. The topological polar surface area (TPSA) is 28.7 Å². The van der Waals surface area contributed by atoms with Gasteiger partial charge < -0.3 is 0 Å². The summed E-state index contributed by atoms with van der Waals surface area (Å²) in [6, 6.07) is 0. The largest absolute Gasteiger partial charge is 0.272 e. The molecule has 1 heterocycles. The number of nitrogens with zero attached hydrogens (tertiary/aromatic N) is 1. The monoisotopic (exact) mass is 236 g/mol. The normalized spacial score (nSPS) is 10.7. The molecule has 0 fully saturated rings. The third kappa shape index (κ3) is 1.44. The van der Waals surface area contributed by atoms with Crippen LogP contribution in [0.15, 0.2) is 6.20 Å². The van der Waals surface area contributed by atoms with E-state index in [4.69, 9.17) is 0 Å². The molecule has 0 atom stereocenters. The van der Waals surface area contributed by atoms with Crippen molar-refractivity contribution in [3.63, 3.8) is 0 Å². The lowest BCUT2D eigenvalue weighted by Gasteiger charge is -1.98. The second-order valence-corrected chi connectivity index (χ2v) is 3.37. The van der Waals surface area contributed by atoms with Crippen molar-refractivity contribution in [3.8, 4) is 0 Å². The van der Waals surface area contributed by atoms with Gasteiger partial charge in [-0.05, 0) is 28.5 Å². The first-order chi connectivity index (χ1) is 4.22. The Hall–Kier alpha value is -0.0600. The second-order valence-electron chi connectivity index (χ2n) is 2.29. The van der Waals surface area contributed by atoms with Crippen LogP contribution in [0.3, 0.4) is 0 Å². The number of aromatic nitrogens is 2. The van der Waals surface area contributed by atoms with Crippen LogP contribution >= 0.6 is 22.6 Å². The maximum absolute atomic E-state index is 3.91. The van der Waals surface area contributed by atoms with Crippen LogP contribution in [0, 0.1) is 3.70 Å². The Kier molecular flexibility index (Phi) is 2.10. The SMILES string of the molecule is CC(C)c1cn[nH]c1I. The molecule has 1 N–H and O–H groups in total. The Morgan fingerprint density at radius 1 is 1.67 bits per heavy atom. The Morgan fingerprint density at radius 3 is 2.56 bits per heavy atom. The Balaban J connectivity index is 2.94. The summed E-state index contributed by atoms with van der Waals surface area (Å²) >= 11 is 2.25. The highest BCUT2D eigenvalue weighted by Crippen LogP contribution is 2.17. The van der Waals surface area contributed by atoms with Gasteiger partial charge in [0, 0.05) is 5.56 Å². The molecule has 0 aliphatic heterocycles. The van der Waals surface area contributed by atoms with Gasteiger partial charge in [0.05, 0.1) is 9.90 Å². The van der Waals surface area contributed by atoms with Crippen LogP contribution in [0.25, 0.3) is 0 Å². The average molecular weight is 236 g/mol. The third-order valence-electron chi connectivity index (χ3n) is 1.24. The van der Waals surface area contributed by atoms with Gasteiger partial charge in [-0.1, -0.05) is 13.8 Å². The van der Waals surface area contributed by atoms with Crippen LogP contribution in [0.1, 0.15) is 25.3 Å². The van der Waals surface area contributed by atoms with E-state index in [0.717, 1.165) is 3.70 Å². The molecule has 0 saturated heterocycles. The molecule has 9 heavy (non-hydrogen) atoms. The smallest absolute Gasteiger partial charge is 0.0991 e. The molecule has 0 aliphatic carbocycles. The predicted molar refractivity (Wildman–Crippen MR) is 45.4 cm³/mol. The van der Waals surface area contributed by atoms with Gasteiger partial charge in [-0.3, -0.25) is 5.10 Å². The van der Waals surface area contributed by atoms with Crippen molar-refractivity contribution in [2.24, 2.45) is 0 Å². The minimum absolute atomic E-state index is 0.579. The van der Waals surface area contributed by atoms with Gasteiger partial charge in [-0.15, -0.1) is 0 Å². The summed E-state index contributed by atoms with van der Waals surface area (Å²) in [7, 11) is 0. The first-order valence-electron chi connectivity index (χ1n) is 2.90. The molecule has 0 saturated carbocycles. The van der Waals surface area contributed by atoms with E-state index in [1.54, 1.807) is 0 Å². The van der Waals surface area contributed by atoms with Crippen molar-refractivity contribution < 1.29 is 0 Å². The first kappa shape index (κ1) is 7.05. The predicted octanol–water partition coefficient (Wildman–Crippen LogP) is 2.14. The van der Waals surface area contributed by atoms with Crippen LogP contribution in [0.2, 0.25) is 0 Å². The van der Waals surface area contributed by atoms with Crippen LogP contribution in [-0.4, -0.2) is 10.2 Å². The molecule has 1 aromatic heterocycles. The van der Waals surface area contributed by atoms with Crippen LogP contribution in [0.5, 0.6) is 0 Å². The quantitative estimate of drug-likeness (QED) is 0.743. The fourth-order valence-corrected chi connectivity index (χ4v) is 1.58. The van der Waals surface area contributed by atoms with Gasteiger partial charge in [-0.25, -0.2) is 0 Å². The van der Waals surface area contributed by atoms with E-state index >= 15 is 0 Å². The number of nitrogens with one attached hydrogen (secondary N) is 1. The zero-order valence-corrected chi connectivity index (χ0v) is 7.64. The number of hydrogen-bond acceptors (Lipinski definition) is 1. The average Bonchev–Trinajstić information content (AvgIpc) is 2.13. The molecule has 1 rings (SSSR count). The zero-order chi connectivity index (χ0) is 6.85. The highest BCUT2D eigenvalue weighted by molar-refractivity contribution is 14.1. The Bertz CT molecular complexity index is 193. The summed E-state index contributed by atoms with van der Waals surface area (Å²) in [6.45, 7) is 4.32. The van der Waals surface area contributed by atoms with E-state index in [9.17, 15) is 0 Å². The zero-order valence-electron chi connectivity index (χ0n) is 5.48. The Labute approximate surface area is 68.2 Å². The lowest BCUT2D eigenvalue weighted by Crippen LogP contribution is -1.85. The maximum Gasteiger partial charge on any atom is 0.0991 e. The van der Waals surface area contributed by atoms with Gasteiger partial charge in [-0.2, -0.15) is 5.10 Å². The molecule has 0 bridgehead atoms. The first-order valence-corrected chi connectivity index (χ1v) is 3.98. The second kappa shape index (κ2) is 2.68. The molecule has 50 valence electrons. The number of halogens is 1. The van der Waals surface area contributed by atoms with E-state index < -0.39 is 0 Å². The van der Waals surface area contributed by atoms with Gasteiger partial charge in [0.15, 0.2) is 0 Å². The van der Waals surface area contributed by atoms with Gasteiger partial charge >= 0.3 is 0 Å². The summed E-state index contributed by atoms with van der Waals surface area (Å²) in [5.41, 5.74) is 1.30. The molecule has 1 aromatic rings. The number of hydrogen-bond donors (Lipinski definition) is 1. The molecule has 0 aliphatic rings. The fraction of sp³-hybridized carbons (Fsp3) is 0.500. The number of H-pyrrole nitrogens is 1. The van der Waals surface area contributed by atoms with E-state index in [2.05, 4.69) is 46.6 Å². The lowest BCUT2D eigenvalue weighted by molar-refractivity contribution is 0.861. The number of rotatable bonds is 1.